The lowest BCUT2D eigenvalue weighted by molar-refractivity contribution is -0.114. The summed E-state index contributed by atoms with van der Waals surface area (Å²) in [5.41, 5.74) is 0.0346. The lowest BCUT2D eigenvalue weighted by atomic mass is 10.2. The molecule has 6 nitrogen and oxygen atoms in total. The van der Waals surface area contributed by atoms with E-state index in [-0.39, 0.29) is 22.2 Å². The molecule has 0 aromatic heterocycles. The van der Waals surface area contributed by atoms with Crippen LogP contribution >= 0.6 is 11.6 Å². The summed E-state index contributed by atoms with van der Waals surface area (Å²) in [6, 6.07) is 8.91. The van der Waals surface area contributed by atoms with Gasteiger partial charge in [-0.05, 0) is 42.5 Å². The number of carbonyl (C=O) groups is 2. The maximum Gasteiger partial charge on any atom is 0.240 e. The first-order valence-electron chi connectivity index (χ1n) is 7.03. The number of rotatable bonds is 5. The summed E-state index contributed by atoms with van der Waals surface area (Å²) in [5, 5.41) is 4.99. The molecule has 0 saturated carbocycles. The molecule has 2 aromatic carbocycles. The van der Waals surface area contributed by atoms with Crippen molar-refractivity contribution in [2.24, 2.45) is 0 Å². The maximum atomic E-state index is 13.8. The molecule has 0 radical (unpaired) electrons. The Labute approximate surface area is 148 Å². The number of sulfone groups is 1. The van der Waals surface area contributed by atoms with Gasteiger partial charge in [-0.15, -0.1) is 0 Å². The van der Waals surface area contributed by atoms with Gasteiger partial charge in [0.25, 0.3) is 0 Å². The first-order valence-corrected chi connectivity index (χ1v) is 9.06. The molecule has 0 aliphatic rings. The summed E-state index contributed by atoms with van der Waals surface area (Å²) in [7, 11) is -3.90. The number of halogens is 2. The maximum absolute atomic E-state index is 13.8. The van der Waals surface area contributed by atoms with Crippen molar-refractivity contribution in [2.45, 2.75) is 11.8 Å². The van der Waals surface area contributed by atoms with E-state index in [1.807, 2.05) is 0 Å². The molecule has 0 fully saturated rings. The molecule has 0 aliphatic heterocycles. The van der Waals surface area contributed by atoms with E-state index in [2.05, 4.69) is 10.6 Å². The first kappa shape index (κ1) is 18.9. The largest absolute Gasteiger partial charge is 0.326 e. The van der Waals surface area contributed by atoms with Crippen molar-refractivity contribution in [1.82, 2.24) is 0 Å². The van der Waals surface area contributed by atoms with Crippen molar-refractivity contribution in [3.63, 3.8) is 0 Å². The Morgan fingerprint density at radius 3 is 2.32 bits per heavy atom. The number of hydrogen-bond acceptors (Lipinski definition) is 4. The number of carbonyl (C=O) groups excluding carboxylic acids is 2. The van der Waals surface area contributed by atoms with E-state index in [4.69, 9.17) is 11.6 Å². The van der Waals surface area contributed by atoms with Crippen LogP contribution in [0.4, 0.5) is 15.8 Å². The molecule has 2 amide bonds. The number of anilines is 2. The van der Waals surface area contributed by atoms with Crippen LogP contribution in [0.25, 0.3) is 0 Å². The predicted octanol–water partition coefficient (Wildman–Crippen LogP) is 2.85. The van der Waals surface area contributed by atoms with Crippen molar-refractivity contribution in [1.29, 1.82) is 0 Å². The van der Waals surface area contributed by atoms with Gasteiger partial charge in [-0.1, -0.05) is 11.6 Å². The van der Waals surface area contributed by atoms with Gasteiger partial charge in [-0.3, -0.25) is 9.59 Å². The van der Waals surface area contributed by atoms with E-state index in [1.54, 1.807) is 0 Å². The quantitative estimate of drug-likeness (QED) is 0.829. The van der Waals surface area contributed by atoms with Crippen LogP contribution in [0, 0.1) is 5.82 Å². The smallest absolute Gasteiger partial charge is 0.240 e. The standard InChI is InChI=1S/C16H14ClFN2O4S/c1-10(21)19-12-4-7-14(18)15(8-12)20-16(22)9-25(23,24)13-5-2-11(17)3-6-13/h2-8H,9H2,1H3,(H,19,21)(H,20,22). The molecule has 2 aromatic rings. The van der Waals surface area contributed by atoms with Crippen LogP contribution in [-0.4, -0.2) is 26.0 Å². The Kier molecular flexibility index (Phi) is 5.76. The van der Waals surface area contributed by atoms with E-state index in [9.17, 15) is 22.4 Å². The minimum absolute atomic E-state index is 0.0699. The van der Waals surface area contributed by atoms with Gasteiger partial charge in [0, 0.05) is 17.6 Å². The molecular weight excluding hydrogens is 371 g/mol. The van der Waals surface area contributed by atoms with Gasteiger partial charge in [-0.2, -0.15) is 0 Å². The molecule has 0 saturated heterocycles. The summed E-state index contributed by atoms with van der Waals surface area (Å²) in [5.74, 6) is -2.90. The van der Waals surface area contributed by atoms with Crippen molar-refractivity contribution in [2.75, 3.05) is 16.4 Å². The second-order valence-electron chi connectivity index (χ2n) is 5.14. The molecule has 0 heterocycles. The molecule has 2 N–H and O–H groups in total. The highest BCUT2D eigenvalue weighted by molar-refractivity contribution is 7.92. The molecule has 2 rings (SSSR count). The zero-order valence-corrected chi connectivity index (χ0v) is 14.6. The van der Waals surface area contributed by atoms with Gasteiger partial charge < -0.3 is 10.6 Å². The minimum atomic E-state index is -3.90. The molecule has 25 heavy (non-hydrogen) atoms. The summed E-state index contributed by atoms with van der Waals surface area (Å²) >= 11 is 5.70. The Bertz CT molecular complexity index is 914. The third-order valence-corrected chi connectivity index (χ3v) is 4.94. The number of benzene rings is 2. The van der Waals surface area contributed by atoms with E-state index in [1.165, 1.54) is 43.3 Å². The Balaban J connectivity index is 2.14. The van der Waals surface area contributed by atoms with Gasteiger partial charge in [0.2, 0.25) is 11.8 Å². The van der Waals surface area contributed by atoms with E-state index < -0.39 is 27.3 Å². The Morgan fingerprint density at radius 1 is 1.08 bits per heavy atom. The highest BCUT2D eigenvalue weighted by Crippen LogP contribution is 2.20. The second-order valence-corrected chi connectivity index (χ2v) is 7.56. The average Bonchev–Trinajstić information content (AvgIpc) is 2.50. The molecule has 0 aliphatic carbocycles. The summed E-state index contributed by atoms with van der Waals surface area (Å²) in [4.78, 5) is 22.9. The van der Waals surface area contributed by atoms with Crippen molar-refractivity contribution >= 4 is 44.6 Å². The van der Waals surface area contributed by atoms with Crippen LogP contribution in [-0.2, 0) is 19.4 Å². The number of amides is 2. The van der Waals surface area contributed by atoms with Crippen molar-refractivity contribution in [3.05, 3.63) is 53.3 Å². The number of hydrogen-bond donors (Lipinski definition) is 2. The predicted molar refractivity (Wildman–Crippen MR) is 92.8 cm³/mol. The summed E-state index contributed by atoms with van der Waals surface area (Å²) < 4.78 is 38.1. The Hall–Kier alpha value is -2.45. The van der Waals surface area contributed by atoms with Crippen LogP contribution < -0.4 is 10.6 Å². The van der Waals surface area contributed by atoms with E-state index >= 15 is 0 Å². The third kappa shape index (κ3) is 5.27. The zero-order chi connectivity index (χ0) is 18.6. The Morgan fingerprint density at radius 2 is 1.72 bits per heavy atom. The fraction of sp³-hybridized carbons (Fsp3) is 0.125. The normalized spacial score (nSPS) is 11.0. The van der Waals surface area contributed by atoms with Gasteiger partial charge >= 0.3 is 0 Å². The fourth-order valence-corrected chi connectivity index (χ4v) is 3.25. The highest BCUT2D eigenvalue weighted by atomic mass is 35.5. The van der Waals surface area contributed by atoms with Crippen LogP contribution in [0.1, 0.15) is 6.92 Å². The second kappa shape index (κ2) is 7.62. The topological polar surface area (TPSA) is 92.3 Å². The van der Waals surface area contributed by atoms with Gasteiger partial charge in [0.05, 0.1) is 10.6 Å². The molecule has 0 spiro atoms. The molecule has 0 atom stereocenters. The monoisotopic (exact) mass is 384 g/mol. The molecular formula is C16H14ClFN2O4S. The number of nitrogens with one attached hydrogen (secondary N) is 2. The van der Waals surface area contributed by atoms with Crippen LogP contribution in [0.3, 0.4) is 0 Å². The molecule has 9 heteroatoms. The van der Waals surface area contributed by atoms with Gasteiger partial charge in [0.15, 0.2) is 9.84 Å². The van der Waals surface area contributed by atoms with Crippen LogP contribution in [0.5, 0.6) is 0 Å². The molecule has 132 valence electrons. The van der Waals surface area contributed by atoms with Gasteiger partial charge in [0.1, 0.15) is 11.6 Å². The lowest BCUT2D eigenvalue weighted by Gasteiger charge is -2.10. The lowest BCUT2D eigenvalue weighted by Crippen LogP contribution is -2.23. The SMILES string of the molecule is CC(=O)Nc1ccc(F)c(NC(=O)CS(=O)(=O)c2ccc(Cl)cc2)c1. The fourth-order valence-electron chi connectivity index (χ4n) is 1.99. The first-order chi connectivity index (χ1) is 11.7. The molecule has 0 unspecified atom stereocenters. The third-order valence-electron chi connectivity index (χ3n) is 3.05. The summed E-state index contributed by atoms with van der Waals surface area (Å²) in [6.45, 7) is 1.28. The van der Waals surface area contributed by atoms with Gasteiger partial charge in [-0.25, -0.2) is 12.8 Å². The average molecular weight is 385 g/mol. The van der Waals surface area contributed by atoms with Crippen LogP contribution in [0.15, 0.2) is 47.4 Å². The zero-order valence-electron chi connectivity index (χ0n) is 13.0. The van der Waals surface area contributed by atoms with E-state index in [0.717, 1.165) is 6.07 Å². The molecule has 0 bridgehead atoms. The summed E-state index contributed by atoms with van der Waals surface area (Å²) in [6.07, 6.45) is 0. The minimum Gasteiger partial charge on any atom is -0.326 e. The van der Waals surface area contributed by atoms with Crippen molar-refractivity contribution < 1.29 is 22.4 Å². The van der Waals surface area contributed by atoms with Crippen molar-refractivity contribution in [3.8, 4) is 0 Å². The van der Waals surface area contributed by atoms with Crippen LogP contribution in [0.2, 0.25) is 5.02 Å². The van der Waals surface area contributed by atoms with E-state index in [0.29, 0.717) is 5.02 Å². The highest BCUT2D eigenvalue weighted by Gasteiger charge is 2.20.